The summed E-state index contributed by atoms with van der Waals surface area (Å²) in [7, 11) is 0. The van der Waals surface area contributed by atoms with E-state index in [0.29, 0.717) is 0 Å². The van der Waals surface area contributed by atoms with Gasteiger partial charge < -0.3 is 5.11 Å². The molecule has 0 atom stereocenters. The van der Waals surface area contributed by atoms with Gasteiger partial charge in [-0.15, -0.1) is 0 Å². The van der Waals surface area contributed by atoms with Crippen molar-refractivity contribution >= 4 is 12.0 Å². The number of rotatable bonds is 3. The van der Waals surface area contributed by atoms with E-state index in [4.69, 9.17) is 5.11 Å². The molecule has 0 spiro atoms. The second-order valence-electron chi connectivity index (χ2n) is 3.41. The lowest BCUT2D eigenvalue weighted by Gasteiger charge is -2.10. The molecular weight excluding hydrogens is 233 g/mol. The molecule has 0 unspecified atom stereocenters. The van der Waals surface area contributed by atoms with Crippen LogP contribution in [0.1, 0.15) is 24.5 Å². The molecular formula is C12H11F3O2. The minimum atomic E-state index is -4.48. The monoisotopic (exact) mass is 244 g/mol. The Kier molecular flexibility index (Phi) is 3.93. The first-order valence-electron chi connectivity index (χ1n) is 4.96. The van der Waals surface area contributed by atoms with Crippen LogP contribution in [-0.2, 0) is 11.0 Å². The third kappa shape index (κ3) is 3.34. The van der Waals surface area contributed by atoms with Crippen LogP contribution in [0.2, 0.25) is 0 Å². The lowest BCUT2D eigenvalue weighted by atomic mass is 10.0. The third-order valence-corrected chi connectivity index (χ3v) is 2.25. The molecule has 0 aliphatic heterocycles. The zero-order chi connectivity index (χ0) is 13.1. The summed E-state index contributed by atoms with van der Waals surface area (Å²) in [6.45, 7) is 1.58. The van der Waals surface area contributed by atoms with Crippen molar-refractivity contribution in [1.82, 2.24) is 0 Å². The van der Waals surface area contributed by atoms with Crippen LogP contribution in [0.25, 0.3) is 6.08 Å². The van der Waals surface area contributed by atoms with Crippen LogP contribution < -0.4 is 0 Å². The molecule has 0 amide bonds. The SMILES string of the molecule is CCC(=Cc1ccccc1C(F)(F)F)C(=O)O. The Morgan fingerprint density at radius 2 is 1.94 bits per heavy atom. The van der Waals surface area contributed by atoms with Gasteiger partial charge in [0.25, 0.3) is 0 Å². The van der Waals surface area contributed by atoms with Crippen LogP contribution in [0.15, 0.2) is 29.8 Å². The smallest absolute Gasteiger partial charge is 0.416 e. The van der Waals surface area contributed by atoms with Crippen LogP contribution in [0.4, 0.5) is 13.2 Å². The van der Waals surface area contributed by atoms with Crippen molar-refractivity contribution in [2.75, 3.05) is 0 Å². The van der Waals surface area contributed by atoms with Crippen LogP contribution in [0.5, 0.6) is 0 Å². The Balaban J connectivity index is 3.28. The van der Waals surface area contributed by atoms with E-state index in [2.05, 4.69) is 0 Å². The summed E-state index contributed by atoms with van der Waals surface area (Å²) in [5.41, 5.74) is -1.01. The van der Waals surface area contributed by atoms with Crippen LogP contribution in [0, 0.1) is 0 Å². The topological polar surface area (TPSA) is 37.3 Å². The summed E-state index contributed by atoms with van der Waals surface area (Å²) >= 11 is 0. The summed E-state index contributed by atoms with van der Waals surface area (Å²) in [5.74, 6) is -1.20. The average molecular weight is 244 g/mol. The molecule has 0 heterocycles. The first kappa shape index (κ1) is 13.3. The summed E-state index contributed by atoms with van der Waals surface area (Å²) < 4.78 is 37.9. The molecule has 0 radical (unpaired) electrons. The van der Waals surface area contributed by atoms with E-state index in [9.17, 15) is 18.0 Å². The standard InChI is InChI=1S/C12H11F3O2/c1-2-8(11(16)17)7-9-5-3-4-6-10(9)12(13,14)15/h3-7H,2H2,1H3,(H,16,17). The van der Waals surface area contributed by atoms with E-state index in [1.54, 1.807) is 6.92 Å². The van der Waals surface area contributed by atoms with E-state index >= 15 is 0 Å². The number of hydrogen-bond acceptors (Lipinski definition) is 1. The van der Waals surface area contributed by atoms with Crippen LogP contribution in [0.3, 0.4) is 0 Å². The second kappa shape index (κ2) is 5.03. The highest BCUT2D eigenvalue weighted by atomic mass is 19.4. The van der Waals surface area contributed by atoms with Gasteiger partial charge in [-0.25, -0.2) is 4.79 Å². The molecule has 17 heavy (non-hydrogen) atoms. The van der Waals surface area contributed by atoms with Gasteiger partial charge in [0.2, 0.25) is 0 Å². The van der Waals surface area contributed by atoms with Crippen molar-refractivity contribution in [2.24, 2.45) is 0 Å². The Morgan fingerprint density at radius 3 is 2.41 bits per heavy atom. The molecule has 1 N–H and O–H groups in total. The zero-order valence-electron chi connectivity index (χ0n) is 9.08. The normalized spacial score (nSPS) is 12.6. The van der Waals surface area contributed by atoms with Gasteiger partial charge in [-0.05, 0) is 24.1 Å². The fourth-order valence-corrected chi connectivity index (χ4v) is 1.38. The highest BCUT2D eigenvalue weighted by molar-refractivity contribution is 5.92. The fraction of sp³-hybridized carbons (Fsp3) is 0.250. The van der Waals surface area contributed by atoms with E-state index in [1.165, 1.54) is 18.2 Å². The van der Waals surface area contributed by atoms with Gasteiger partial charge in [0.15, 0.2) is 0 Å². The Morgan fingerprint density at radius 1 is 1.35 bits per heavy atom. The number of benzene rings is 1. The predicted molar refractivity (Wildman–Crippen MR) is 57.3 cm³/mol. The molecule has 5 heteroatoms. The number of aliphatic carboxylic acids is 1. The minimum absolute atomic E-state index is 0.0540. The van der Waals surface area contributed by atoms with Gasteiger partial charge in [-0.2, -0.15) is 13.2 Å². The number of halogens is 3. The van der Waals surface area contributed by atoms with Crippen molar-refractivity contribution < 1.29 is 23.1 Å². The minimum Gasteiger partial charge on any atom is -0.478 e. The summed E-state index contributed by atoms with van der Waals surface area (Å²) in [5, 5.41) is 8.78. The molecule has 1 aromatic rings. The number of carboxylic acids is 1. The first-order chi connectivity index (χ1) is 7.86. The quantitative estimate of drug-likeness (QED) is 0.825. The van der Waals surface area contributed by atoms with Crippen LogP contribution >= 0.6 is 0 Å². The summed E-state index contributed by atoms with van der Waals surface area (Å²) in [6, 6.07) is 4.89. The predicted octanol–water partition coefficient (Wildman–Crippen LogP) is 3.58. The molecule has 1 aromatic carbocycles. The maximum Gasteiger partial charge on any atom is 0.416 e. The second-order valence-corrected chi connectivity index (χ2v) is 3.41. The number of carbonyl (C=O) groups is 1. The van der Waals surface area contributed by atoms with E-state index < -0.39 is 17.7 Å². The van der Waals surface area contributed by atoms with E-state index in [1.807, 2.05) is 0 Å². The van der Waals surface area contributed by atoms with Crippen molar-refractivity contribution in [2.45, 2.75) is 19.5 Å². The molecule has 1 rings (SSSR count). The molecule has 0 aromatic heterocycles. The molecule has 0 saturated heterocycles. The maximum atomic E-state index is 12.6. The van der Waals surface area contributed by atoms with Gasteiger partial charge >= 0.3 is 12.1 Å². The molecule has 0 aliphatic rings. The van der Waals surface area contributed by atoms with Gasteiger partial charge in [-0.3, -0.25) is 0 Å². The van der Waals surface area contributed by atoms with Crippen molar-refractivity contribution in [3.63, 3.8) is 0 Å². The lowest BCUT2D eigenvalue weighted by Crippen LogP contribution is -2.08. The Bertz CT molecular complexity index is 447. The number of carboxylic acid groups (broad SMARTS) is 1. The highest BCUT2D eigenvalue weighted by Crippen LogP contribution is 2.32. The Labute approximate surface area is 96.4 Å². The van der Waals surface area contributed by atoms with Crippen molar-refractivity contribution in [1.29, 1.82) is 0 Å². The molecule has 0 aliphatic carbocycles. The van der Waals surface area contributed by atoms with Crippen LogP contribution in [-0.4, -0.2) is 11.1 Å². The molecule has 0 saturated carbocycles. The summed E-state index contributed by atoms with van der Waals surface area (Å²) in [6.07, 6.45) is -3.25. The first-order valence-corrected chi connectivity index (χ1v) is 4.96. The fourth-order valence-electron chi connectivity index (χ4n) is 1.38. The Hall–Kier alpha value is -1.78. The molecule has 92 valence electrons. The van der Waals surface area contributed by atoms with Crippen molar-refractivity contribution in [3.8, 4) is 0 Å². The van der Waals surface area contributed by atoms with Gasteiger partial charge in [-0.1, -0.05) is 25.1 Å². The van der Waals surface area contributed by atoms with Crippen molar-refractivity contribution in [3.05, 3.63) is 41.0 Å². The van der Waals surface area contributed by atoms with E-state index in [0.717, 1.165) is 12.1 Å². The average Bonchev–Trinajstić information content (AvgIpc) is 2.24. The third-order valence-electron chi connectivity index (χ3n) is 2.25. The van der Waals surface area contributed by atoms with Gasteiger partial charge in [0.1, 0.15) is 0 Å². The lowest BCUT2D eigenvalue weighted by molar-refractivity contribution is -0.138. The largest absolute Gasteiger partial charge is 0.478 e. The van der Waals surface area contributed by atoms with Gasteiger partial charge in [0, 0.05) is 5.57 Å². The molecule has 2 nitrogen and oxygen atoms in total. The highest BCUT2D eigenvalue weighted by Gasteiger charge is 2.32. The summed E-state index contributed by atoms with van der Waals surface area (Å²) in [4.78, 5) is 10.7. The zero-order valence-corrected chi connectivity index (χ0v) is 9.08. The van der Waals surface area contributed by atoms with Gasteiger partial charge in [0.05, 0.1) is 5.56 Å². The maximum absolute atomic E-state index is 12.6. The molecule has 0 bridgehead atoms. The number of hydrogen-bond donors (Lipinski definition) is 1. The van der Waals surface area contributed by atoms with E-state index in [-0.39, 0.29) is 17.6 Å². The molecule has 0 fully saturated rings. The number of alkyl halides is 3.